The normalized spacial score (nSPS) is 24.8. The van der Waals surface area contributed by atoms with Gasteiger partial charge < -0.3 is 15.5 Å². The Morgan fingerprint density at radius 2 is 2.10 bits per heavy atom. The number of rotatable bonds is 4. The number of nitrogens with one attached hydrogen (secondary N) is 1. The fourth-order valence-electron chi connectivity index (χ4n) is 2.58. The van der Waals surface area contributed by atoms with Crippen molar-refractivity contribution in [2.75, 3.05) is 6.54 Å². The highest BCUT2D eigenvalue weighted by Crippen LogP contribution is 2.31. The second-order valence-corrected chi connectivity index (χ2v) is 5.92. The zero-order chi connectivity index (χ0) is 15.6. The maximum atomic E-state index is 12.0. The number of aliphatic hydroxyl groups is 1. The van der Waals surface area contributed by atoms with Gasteiger partial charge in [0, 0.05) is 23.0 Å². The van der Waals surface area contributed by atoms with E-state index in [1.807, 2.05) is 6.92 Å². The van der Waals surface area contributed by atoms with Crippen LogP contribution in [0.3, 0.4) is 0 Å². The molecule has 3 atom stereocenters. The fourth-order valence-corrected chi connectivity index (χ4v) is 2.76. The van der Waals surface area contributed by atoms with Crippen LogP contribution in [0, 0.1) is 18.8 Å². The largest absolute Gasteiger partial charge is 0.481 e. The number of carbonyl (C=O) groups is 2. The summed E-state index contributed by atoms with van der Waals surface area (Å²) in [6.07, 6.45) is -0.0643. The molecule has 1 saturated carbocycles. The quantitative estimate of drug-likeness (QED) is 0.792. The van der Waals surface area contributed by atoms with E-state index in [4.69, 9.17) is 16.7 Å². The van der Waals surface area contributed by atoms with Crippen LogP contribution in [0.1, 0.15) is 28.8 Å². The van der Waals surface area contributed by atoms with E-state index in [0.717, 1.165) is 5.56 Å². The Bertz CT molecular complexity index is 561. The average Bonchev–Trinajstić information content (AvgIpc) is 2.81. The third-order valence-electron chi connectivity index (χ3n) is 3.97. The van der Waals surface area contributed by atoms with Crippen molar-refractivity contribution in [1.29, 1.82) is 0 Å². The van der Waals surface area contributed by atoms with E-state index in [0.29, 0.717) is 17.0 Å². The Balaban J connectivity index is 1.92. The van der Waals surface area contributed by atoms with Gasteiger partial charge in [0.05, 0.1) is 12.0 Å². The van der Waals surface area contributed by atoms with Crippen LogP contribution in [0.15, 0.2) is 18.2 Å². The zero-order valence-corrected chi connectivity index (χ0v) is 12.4. The van der Waals surface area contributed by atoms with E-state index < -0.39 is 18.0 Å². The molecule has 0 radical (unpaired) electrons. The van der Waals surface area contributed by atoms with Crippen molar-refractivity contribution < 1.29 is 19.8 Å². The highest BCUT2D eigenvalue weighted by molar-refractivity contribution is 6.31. The molecule has 5 nitrogen and oxygen atoms in total. The minimum atomic E-state index is -0.895. The zero-order valence-electron chi connectivity index (χ0n) is 11.7. The van der Waals surface area contributed by atoms with Gasteiger partial charge in [0.15, 0.2) is 0 Å². The third-order valence-corrected chi connectivity index (χ3v) is 4.37. The summed E-state index contributed by atoms with van der Waals surface area (Å²) in [4.78, 5) is 22.9. The number of benzene rings is 1. The number of carboxylic acid groups (broad SMARTS) is 1. The summed E-state index contributed by atoms with van der Waals surface area (Å²) in [5.74, 6) is -1.93. The van der Waals surface area contributed by atoms with Crippen molar-refractivity contribution in [1.82, 2.24) is 5.32 Å². The molecule has 1 aromatic carbocycles. The van der Waals surface area contributed by atoms with Crippen LogP contribution in [0.2, 0.25) is 5.02 Å². The van der Waals surface area contributed by atoms with Gasteiger partial charge in [-0.3, -0.25) is 9.59 Å². The number of carbonyl (C=O) groups excluding carboxylic acids is 1. The minimum absolute atomic E-state index is 0.226. The first-order valence-electron chi connectivity index (χ1n) is 6.83. The minimum Gasteiger partial charge on any atom is -0.481 e. The molecule has 0 spiro atoms. The Kier molecular flexibility index (Phi) is 4.85. The van der Waals surface area contributed by atoms with E-state index >= 15 is 0 Å². The Labute approximate surface area is 127 Å². The molecule has 1 amide bonds. The van der Waals surface area contributed by atoms with Crippen LogP contribution < -0.4 is 5.32 Å². The predicted molar refractivity (Wildman–Crippen MR) is 78.4 cm³/mol. The molecule has 1 aliphatic rings. The van der Waals surface area contributed by atoms with Gasteiger partial charge in [-0.05, 0) is 37.5 Å². The second kappa shape index (κ2) is 6.45. The molecule has 6 heteroatoms. The van der Waals surface area contributed by atoms with Gasteiger partial charge >= 0.3 is 5.97 Å². The van der Waals surface area contributed by atoms with Gasteiger partial charge in [0.2, 0.25) is 0 Å². The molecule has 114 valence electrons. The van der Waals surface area contributed by atoms with Crippen molar-refractivity contribution in [3.8, 4) is 0 Å². The lowest BCUT2D eigenvalue weighted by atomic mass is 10.0. The van der Waals surface area contributed by atoms with Crippen molar-refractivity contribution in [3.05, 3.63) is 34.3 Å². The summed E-state index contributed by atoms with van der Waals surface area (Å²) in [5, 5.41) is 22.0. The summed E-state index contributed by atoms with van der Waals surface area (Å²) < 4.78 is 0. The van der Waals surface area contributed by atoms with Crippen LogP contribution in [-0.4, -0.2) is 34.7 Å². The van der Waals surface area contributed by atoms with E-state index in [-0.39, 0.29) is 24.8 Å². The maximum Gasteiger partial charge on any atom is 0.306 e. The van der Waals surface area contributed by atoms with E-state index in [2.05, 4.69) is 5.32 Å². The molecule has 1 aromatic rings. The lowest BCUT2D eigenvalue weighted by Gasteiger charge is -2.15. The molecule has 1 aliphatic carbocycles. The molecule has 1 fully saturated rings. The molecular weight excluding hydrogens is 294 g/mol. The van der Waals surface area contributed by atoms with Crippen molar-refractivity contribution >= 4 is 23.5 Å². The Morgan fingerprint density at radius 1 is 1.38 bits per heavy atom. The van der Waals surface area contributed by atoms with Gasteiger partial charge in [-0.2, -0.15) is 0 Å². The van der Waals surface area contributed by atoms with Crippen molar-refractivity contribution in [3.63, 3.8) is 0 Å². The van der Waals surface area contributed by atoms with Crippen LogP contribution in [0.4, 0.5) is 0 Å². The van der Waals surface area contributed by atoms with E-state index in [1.165, 1.54) is 0 Å². The Morgan fingerprint density at radius 3 is 2.67 bits per heavy atom. The van der Waals surface area contributed by atoms with Crippen LogP contribution in [0.5, 0.6) is 0 Å². The summed E-state index contributed by atoms with van der Waals surface area (Å²) in [6, 6.07) is 5.04. The average molecular weight is 312 g/mol. The lowest BCUT2D eigenvalue weighted by Crippen LogP contribution is -2.32. The molecule has 21 heavy (non-hydrogen) atoms. The smallest absolute Gasteiger partial charge is 0.306 e. The lowest BCUT2D eigenvalue weighted by molar-refractivity contribution is -0.141. The van der Waals surface area contributed by atoms with E-state index in [9.17, 15) is 14.7 Å². The Hall–Kier alpha value is -1.59. The number of hydrogen-bond donors (Lipinski definition) is 3. The van der Waals surface area contributed by atoms with Crippen LogP contribution in [0.25, 0.3) is 0 Å². The molecule has 0 bridgehead atoms. The molecule has 0 aliphatic heterocycles. The first kappa shape index (κ1) is 15.8. The van der Waals surface area contributed by atoms with Crippen LogP contribution >= 0.6 is 11.6 Å². The number of halogens is 1. The summed E-state index contributed by atoms with van der Waals surface area (Å²) in [5.41, 5.74) is 1.34. The molecule has 0 aromatic heterocycles. The molecule has 0 saturated heterocycles. The summed E-state index contributed by atoms with van der Waals surface area (Å²) >= 11 is 5.98. The molecule has 2 rings (SSSR count). The van der Waals surface area contributed by atoms with Gasteiger partial charge in [0.1, 0.15) is 0 Å². The molecule has 0 heterocycles. The monoisotopic (exact) mass is 311 g/mol. The highest BCUT2D eigenvalue weighted by atomic mass is 35.5. The van der Waals surface area contributed by atoms with Crippen LogP contribution in [-0.2, 0) is 4.79 Å². The number of aliphatic hydroxyl groups excluding tert-OH is 1. The van der Waals surface area contributed by atoms with Gasteiger partial charge in [-0.25, -0.2) is 0 Å². The van der Waals surface area contributed by atoms with Gasteiger partial charge in [0.25, 0.3) is 5.91 Å². The SMILES string of the molecule is Cc1ccc(C(=O)NC[C@H]2C[C@H](C(=O)O)C[C@H]2O)cc1Cl. The molecule has 0 unspecified atom stereocenters. The first-order chi connectivity index (χ1) is 9.88. The topological polar surface area (TPSA) is 86.6 Å². The van der Waals surface area contributed by atoms with Gasteiger partial charge in [-0.15, -0.1) is 0 Å². The third kappa shape index (κ3) is 3.74. The highest BCUT2D eigenvalue weighted by Gasteiger charge is 2.36. The standard InChI is InChI=1S/C15H18ClNO4/c1-8-2-3-9(5-12(8)16)14(19)17-7-11-4-10(15(20)21)6-13(11)18/h2-3,5,10-11,13,18H,4,6-7H2,1H3,(H,17,19)(H,20,21)/t10-,11+,13+/m0/s1. The number of aryl methyl sites for hydroxylation is 1. The number of aliphatic carboxylic acids is 1. The predicted octanol–water partition coefficient (Wildman–Crippen LogP) is 1.85. The fraction of sp³-hybridized carbons (Fsp3) is 0.467. The first-order valence-corrected chi connectivity index (χ1v) is 7.21. The van der Waals surface area contributed by atoms with Gasteiger partial charge in [-0.1, -0.05) is 17.7 Å². The number of amides is 1. The van der Waals surface area contributed by atoms with E-state index in [1.54, 1.807) is 18.2 Å². The molecular formula is C15H18ClNO4. The van der Waals surface area contributed by atoms with Crippen molar-refractivity contribution in [2.24, 2.45) is 11.8 Å². The number of hydrogen-bond acceptors (Lipinski definition) is 3. The summed E-state index contributed by atoms with van der Waals surface area (Å²) in [6.45, 7) is 2.11. The van der Waals surface area contributed by atoms with Crippen molar-refractivity contribution in [2.45, 2.75) is 25.9 Å². The molecule has 3 N–H and O–H groups in total. The summed E-state index contributed by atoms with van der Waals surface area (Å²) in [7, 11) is 0. The maximum absolute atomic E-state index is 12.0. The second-order valence-electron chi connectivity index (χ2n) is 5.51. The number of carboxylic acids is 1.